The smallest absolute Gasteiger partial charge is 0.168 e. The first-order valence-corrected chi connectivity index (χ1v) is 10.3. The number of carbonyl (C=O) groups is 1. The number of benzene rings is 2. The molecule has 2 aromatic carbocycles. The molecule has 3 nitrogen and oxygen atoms in total. The Kier molecular flexibility index (Phi) is 7.18. The van der Waals surface area contributed by atoms with Crippen molar-refractivity contribution in [1.82, 2.24) is 0 Å². The van der Waals surface area contributed by atoms with Gasteiger partial charge in [-0.3, -0.25) is 9.79 Å². The summed E-state index contributed by atoms with van der Waals surface area (Å²) in [5.41, 5.74) is 3.61. The Morgan fingerprint density at radius 3 is 2.36 bits per heavy atom. The van der Waals surface area contributed by atoms with Crippen LogP contribution in [0.3, 0.4) is 0 Å². The molecule has 0 bridgehead atoms. The van der Waals surface area contributed by atoms with Crippen LogP contribution in [0.15, 0.2) is 77.0 Å². The van der Waals surface area contributed by atoms with Crippen LogP contribution >= 0.6 is 0 Å². The van der Waals surface area contributed by atoms with Gasteiger partial charge < -0.3 is 5.11 Å². The van der Waals surface area contributed by atoms with Crippen LogP contribution in [0.5, 0.6) is 0 Å². The monoisotopic (exact) mass is 375 g/mol. The van der Waals surface area contributed by atoms with Gasteiger partial charge in [-0.15, -0.1) is 0 Å². The maximum atomic E-state index is 12.9. The van der Waals surface area contributed by atoms with Gasteiger partial charge in [-0.05, 0) is 36.3 Å². The maximum Gasteiger partial charge on any atom is 0.168 e. The van der Waals surface area contributed by atoms with Gasteiger partial charge in [0.25, 0.3) is 0 Å². The van der Waals surface area contributed by atoms with E-state index in [1.54, 1.807) is 0 Å². The minimum atomic E-state index is 0.0205. The van der Waals surface area contributed by atoms with Crippen LogP contribution in [-0.2, 0) is 11.2 Å². The molecule has 0 heterocycles. The zero-order valence-corrected chi connectivity index (χ0v) is 16.6. The lowest BCUT2D eigenvalue weighted by Crippen LogP contribution is -2.24. The average molecular weight is 376 g/mol. The van der Waals surface area contributed by atoms with Gasteiger partial charge in [-0.25, -0.2) is 0 Å². The van der Waals surface area contributed by atoms with Crippen molar-refractivity contribution in [2.75, 3.05) is 6.54 Å². The molecule has 1 atom stereocenters. The number of aliphatic hydroxyl groups is 1. The Morgan fingerprint density at radius 2 is 1.71 bits per heavy atom. The van der Waals surface area contributed by atoms with E-state index in [4.69, 9.17) is 4.99 Å². The lowest BCUT2D eigenvalue weighted by molar-refractivity contribution is -0.116. The van der Waals surface area contributed by atoms with Gasteiger partial charge in [0.15, 0.2) is 5.78 Å². The molecule has 2 aromatic rings. The van der Waals surface area contributed by atoms with E-state index >= 15 is 0 Å². The van der Waals surface area contributed by atoms with Crippen molar-refractivity contribution < 1.29 is 9.90 Å². The molecule has 0 amide bonds. The highest BCUT2D eigenvalue weighted by atomic mass is 16.3. The van der Waals surface area contributed by atoms with E-state index in [2.05, 4.69) is 19.1 Å². The number of Topliss-reactive ketones (excluding diaryl/α,β-unsaturated/α-hetero) is 1. The third kappa shape index (κ3) is 5.19. The molecule has 0 fully saturated rings. The molecular weight excluding hydrogens is 346 g/mol. The fourth-order valence-corrected chi connectivity index (χ4v) is 3.77. The second-order valence-electron chi connectivity index (χ2n) is 7.43. The van der Waals surface area contributed by atoms with Gasteiger partial charge in [0.05, 0.1) is 5.57 Å². The number of ketones is 1. The molecule has 1 N–H and O–H groups in total. The molecule has 0 spiro atoms. The SMILES string of the molecule is CCCCC(=NCCc1ccccc1)C1=C(O)CC(c2ccccc2)CC1=O. The lowest BCUT2D eigenvalue weighted by Gasteiger charge is -2.24. The van der Waals surface area contributed by atoms with Gasteiger partial charge in [0, 0.05) is 25.1 Å². The average Bonchev–Trinajstić information content (AvgIpc) is 2.72. The number of nitrogens with zero attached hydrogens (tertiary/aromatic N) is 1. The number of unbranched alkanes of at least 4 members (excludes halogenated alkanes) is 1. The van der Waals surface area contributed by atoms with Crippen molar-refractivity contribution in [3.05, 3.63) is 83.1 Å². The van der Waals surface area contributed by atoms with E-state index in [1.807, 2.05) is 48.5 Å². The largest absolute Gasteiger partial charge is 0.511 e. The molecule has 3 heteroatoms. The Morgan fingerprint density at radius 1 is 1.04 bits per heavy atom. The van der Waals surface area contributed by atoms with Gasteiger partial charge in [0.1, 0.15) is 5.76 Å². The highest BCUT2D eigenvalue weighted by Gasteiger charge is 2.30. The van der Waals surface area contributed by atoms with Crippen LogP contribution in [0.25, 0.3) is 0 Å². The van der Waals surface area contributed by atoms with Crippen LogP contribution in [0.1, 0.15) is 56.1 Å². The van der Waals surface area contributed by atoms with E-state index < -0.39 is 0 Å². The van der Waals surface area contributed by atoms with E-state index in [0.717, 1.165) is 37.0 Å². The van der Waals surface area contributed by atoms with E-state index in [-0.39, 0.29) is 17.5 Å². The Balaban J connectivity index is 1.78. The second kappa shape index (κ2) is 10.0. The minimum absolute atomic E-state index is 0.0205. The van der Waals surface area contributed by atoms with E-state index in [1.165, 1.54) is 5.56 Å². The molecule has 0 radical (unpaired) electrons. The summed E-state index contributed by atoms with van der Waals surface area (Å²) >= 11 is 0. The summed E-state index contributed by atoms with van der Waals surface area (Å²) in [5, 5.41) is 10.7. The lowest BCUT2D eigenvalue weighted by atomic mass is 9.80. The third-order valence-electron chi connectivity index (χ3n) is 5.31. The Hall–Kier alpha value is -2.68. The van der Waals surface area contributed by atoms with Gasteiger partial charge in [-0.2, -0.15) is 0 Å². The van der Waals surface area contributed by atoms with Crippen molar-refractivity contribution in [1.29, 1.82) is 0 Å². The first kappa shape index (κ1) is 20.1. The molecule has 1 aliphatic carbocycles. The van der Waals surface area contributed by atoms with E-state index in [0.29, 0.717) is 25.0 Å². The number of rotatable bonds is 8. The number of carbonyl (C=O) groups excluding carboxylic acids is 1. The normalized spacial score (nSPS) is 17.8. The van der Waals surface area contributed by atoms with Crippen molar-refractivity contribution >= 4 is 11.5 Å². The first-order valence-electron chi connectivity index (χ1n) is 10.3. The first-order chi connectivity index (χ1) is 13.7. The number of aliphatic hydroxyl groups excluding tert-OH is 1. The zero-order chi connectivity index (χ0) is 19.8. The second-order valence-corrected chi connectivity index (χ2v) is 7.43. The predicted molar refractivity (Wildman–Crippen MR) is 115 cm³/mol. The summed E-state index contributed by atoms with van der Waals surface area (Å²) in [6.07, 6.45) is 4.53. The van der Waals surface area contributed by atoms with Crippen LogP contribution < -0.4 is 0 Å². The van der Waals surface area contributed by atoms with Gasteiger partial charge >= 0.3 is 0 Å². The summed E-state index contributed by atoms with van der Waals surface area (Å²) in [6.45, 7) is 2.76. The van der Waals surface area contributed by atoms with Crippen LogP contribution in [0.2, 0.25) is 0 Å². The molecule has 0 aromatic heterocycles. The Bertz CT molecular complexity index is 837. The predicted octanol–water partition coefficient (Wildman–Crippen LogP) is 5.82. The van der Waals surface area contributed by atoms with Crippen LogP contribution in [-0.4, -0.2) is 23.1 Å². The van der Waals surface area contributed by atoms with Crippen molar-refractivity contribution in [2.45, 2.75) is 51.4 Å². The molecule has 0 saturated carbocycles. The minimum Gasteiger partial charge on any atom is -0.511 e. The highest BCUT2D eigenvalue weighted by Crippen LogP contribution is 2.34. The molecule has 0 aliphatic heterocycles. The summed E-state index contributed by atoms with van der Waals surface area (Å²) in [4.78, 5) is 17.7. The number of allylic oxidation sites excluding steroid dienone is 2. The van der Waals surface area contributed by atoms with Crippen molar-refractivity contribution in [3.8, 4) is 0 Å². The standard InChI is InChI=1S/C25H29NO2/c1-2-3-14-22(26-16-15-19-10-6-4-7-11-19)25-23(27)17-21(18-24(25)28)20-12-8-5-9-13-20/h4-13,21,27H,2-3,14-18H2,1H3. The van der Waals surface area contributed by atoms with E-state index in [9.17, 15) is 9.90 Å². The zero-order valence-electron chi connectivity index (χ0n) is 16.6. The number of aliphatic imine (C=N–C) groups is 1. The van der Waals surface area contributed by atoms with Crippen molar-refractivity contribution in [3.63, 3.8) is 0 Å². The summed E-state index contributed by atoms with van der Waals surface area (Å²) in [5.74, 6) is 0.279. The fraction of sp³-hybridized carbons (Fsp3) is 0.360. The van der Waals surface area contributed by atoms with Crippen LogP contribution in [0.4, 0.5) is 0 Å². The quantitative estimate of drug-likeness (QED) is 0.591. The summed E-state index contributed by atoms with van der Waals surface area (Å²) in [6, 6.07) is 20.2. The number of hydrogen-bond donors (Lipinski definition) is 1. The number of hydrogen-bond acceptors (Lipinski definition) is 3. The summed E-state index contributed by atoms with van der Waals surface area (Å²) < 4.78 is 0. The molecule has 1 unspecified atom stereocenters. The van der Waals surface area contributed by atoms with Crippen LogP contribution in [0, 0.1) is 0 Å². The molecule has 146 valence electrons. The third-order valence-corrected chi connectivity index (χ3v) is 5.31. The highest BCUT2D eigenvalue weighted by molar-refractivity contribution is 6.23. The van der Waals surface area contributed by atoms with Gasteiger partial charge in [0.2, 0.25) is 0 Å². The fourth-order valence-electron chi connectivity index (χ4n) is 3.77. The topological polar surface area (TPSA) is 49.7 Å². The molecule has 28 heavy (non-hydrogen) atoms. The Labute approximate surface area is 167 Å². The van der Waals surface area contributed by atoms with Gasteiger partial charge in [-0.1, -0.05) is 74.0 Å². The summed E-state index contributed by atoms with van der Waals surface area (Å²) in [7, 11) is 0. The molecule has 1 aliphatic rings. The molecular formula is C25H29NO2. The maximum absolute atomic E-state index is 12.9. The molecule has 3 rings (SSSR count). The molecule has 0 saturated heterocycles. The van der Waals surface area contributed by atoms with Crippen molar-refractivity contribution in [2.24, 2.45) is 4.99 Å².